The van der Waals surface area contributed by atoms with Gasteiger partial charge in [0.05, 0.1) is 0 Å². The molecule has 1 atom stereocenters. The Balaban J connectivity index is 1.31. The molecular formula is C34H39N3O7. The molecule has 0 aliphatic heterocycles. The van der Waals surface area contributed by atoms with Crippen molar-refractivity contribution in [3.63, 3.8) is 0 Å². The van der Waals surface area contributed by atoms with Gasteiger partial charge in [0.25, 0.3) is 5.91 Å². The van der Waals surface area contributed by atoms with Crippen molar-refractivity contribution in [1.82, 2.24) is 16.0 Å². The van der Waals surface area contributed by atoms with Gasteiger partial charge in [-0.3, -0.25) is 10.1 Å². The lowest BCUT2D eigenvalue weighted by Gasteiger charge is -2.20. The molecule has 44 heavy (non-hydrogen) atoms. The van der Waals surface area contributed by atoms with E-state index in [4.69, 9.17) is 14.2 Å². The third-order valence-corrected chi connectivity index (χ3v) is 6.98. The zero-order valence-electron chi connectivity index (χ0n) is 25.3. The van der Waals surface area contributed by atoms with Crippen molar-refractivity contribution in [2.45, 2.75) is 64.2 Å². The highest BCUT2D eigenvalue weighted by Gasteiger charge is 2.30. The number of carbonyl (C=O) groups is 4. The molecule has 10 heteroatoms. The summed E-state index contributed by atoms with van der Waals surface area (Å²) in [6.07, 6.45) is -1.09. The van der Waals surface area contributed by atoms with Gasteiger partial charge in [-0.1, -0.05) is 78.9 Å². The minimum absolute atomic E-state index is 0.0210. The van der Waals surface area contributed by atoms with Crippen LogP contribution in [-0.4, -0.2) is 49.0 Å². The molecule has 0 heterocycles. The first kappa shape index (κ1) is 32.1. The molecule has 3 N–H and O–H groups in total. The van der Waals surface area contributed by atoms with Gasteiger partial charge in [0.1, 0.15) is 24.9 Å². The predicted molar refractivity (Wildman–Crippen MR) is 165 cm³/mol. The Morgan fingerprint density at radius 3 is 2.00 bits per heavy atom. The molecular weight excluding hydrogens is 562 g/mol. The van der Waals surface area contributed by atoms with E-state index in [2.05, 4.69) is 16.0 Å². The van der Waals surface area contributed by atoms with E-state index < -0.39 is 35.8 Å². The first-order valence-corrected chi connectivity index (χ1v) is 14.7. The molecule has 0 bridgehead atoms. The number of fused-ring (bicyclic) bond motifs is 3. The lowest BCUT2D eigenvalue weighted by atomic mass is 9.98. The van der Waals surface area contributed by atoms with Crippen LogP contribution >= 0.6 is 0 Å². The van der Waals surface area contributed by atoms with Crippen LogP contribution in [0.5, 0.6) is 0 Å². The topological polar surface area (TPSA) is 132 Å². The molecule has 1 aliphatic rings. The van der Waals surface area contributed by atoms with E-state index in [1.54, 1.807) is 20.8 Å². The third kappa shape index (κ3) is 9.32. The fourth-order valence-corrected chi connectivity index (χ4v) is 4.98. The smallest absolute Gasteiger partial charge is 0.413 e. The zero-order valence-corrected chi connectivity index (χ0v) is 25.3. The molecule has 0 radical (unpaired) electrons. The van der Waals surface area contributed by atoms with Gasteiger partial charge < -0.3 is 24.8 Å². The molecule has 232 valence electrons. The molecule has 0 aromatic heterocycles. The number of amides is 4. The number of benzene rings is 3. The number of unbranched alkanes of at least 4 members (excludes halogenated alkanes) is 1. The van der Waals surface area contributed by atoms with Crippen LogP contribution < -0.4 is 16.0 Å². The van der Waals surface area contributed by atoms with Gasteiger partial charge in [0.15, 0.2) is 0 Å². The molecule has 4 rings (SSSR count). The maximum absolute atomic E-state index is 13.1. The van der Waals surface area contributed by atoms with Gasteiger partial charge in [0.2, 0.25) is 0 Å². The lowest BCUT2D eigenvalue weighted by Crippen LogP contribution is -2.48. The van der Waals surface area contributed by atoms with Crippen LogP contribution in [0.2, 0.25) is 0 Å². The second kappa shape index (κ2) is 15.0. The molecule has 1 aliphatic carbocycles. The fraction of sp³-hybridized carbons (Fsp3) is 0.353. The summed E-state index contributed by atoms with van der Waals surface area (Å²) in [5, 5.41) is 7.47. The maximum Gasteiger partial charge on any atom is 0.413 e. The summed E-state index contributed by atoms with van der Waals surface area (Å²) >= 11 is 0. The number of carbonyl (C=O) groups excluding carboxylic acids is 4. The van der Waals surface area contributed by atoms with Crippen LogP contribution in [0.25, 0.3) is 11.1 Å². The minimum Gasteiger partial charge on any atom is -0.448 e. The summed E-state index contributed by atoms with van der Waals surface area (Å²) in [6, 6.07) is 24.0. The van der Waals surface area contributed by atoms with Crippen LogP contribution in [0.4, 0.5) is 14.4 Å². The van der Waals surface area contributed by atoms with Crippen molar-refractivity contribution < 1.29 is 33.4 Å². The number of hydrogen-bond donors (Lipinski definition) is 3. The Labute approximate surface area is 257 Å². The van der Waals surface area contributed by atoms with E-state index in [0.29, 0.717) is 19.4 Å². The van der Waals surface area contributed by atoms with Crippen molar-refractivity contribution in [3.8, 4) is 11.1 Å². The first-order valence-electron chi connectivity index (χ1n) is 14.7. The molecule has 1 unspecified atom stereocenters. The SMILES string of the molecule is CC(C)(C)OC(=O)NCCCCC(NC(=O)OCc1ccccc1)C(=O)NC(=O)OCC1c2ccccc2-c2ccccc21. The van der Waals surface area contributed by atoms with E-state index in [9.17, 15) is 19.2 Å². The molecule has 0 fully saturated rings. The van der Waals surface area contributed by atoms with Crippen molar-refractivity contribution in [2.75, 3.05) is 13.2 Å². The average molecular weight is 602 g/mol. The summed E-state index contributed by atoms with van der Waals surface area (Å²) in [4.78, 5) is 50.3. The Morgan fingerprint density at radius 1 is 0.750 bits per heavy atom. The molecule has 3 aromatic carbocycles. The number of rotatable bonds is 11. The van der Waals surface area contributed by atoms with Crippen LogP contribution in [0.15, 0.2) is 78.9 Å². The standard InChI is InChI=1S/C34H39N3O7/c1-34(2,3)44-31(39)35-20-12-11-19-29(36-32(40)42-21-23-13-5-4-6-14-23)30(38)37-33(41)43-22-28-26-17-9-7-15-24(26)25-16-8-10-18-27(25)28/h4-10,13-18,28-29H,11-12,19-22H2,1-3H3,(H,35,39)(H,36,40)(H,37,38,41). The second-order valence-electron chi connectivity index (χ2n) is 11.5. The highest BCUT2D eigenvalue weighted by atomic mass is 16.6. The predicted octanol–water partition coefficient (Wildman–Crippen LogP) is 6.04. The van der Waals surface area contributed by atoms with Crippen LogP contribution in [0.1, 0.15) is 62.6 Å². The highest BCUT2D eigenvalue weighted by molar-refractivity contribution is 5.96. The summed E-state index contributed by atoms with van der Waals surface area (Å²) < 4.78 is 16.0. The number of nitrogens with one attached hydrogen (secondary N) is 3. The van der Waals surface area contributed by atoms with E-state index in [1.807, 2.05) is 78.9 Å². The first-order chi connectivity index (χ1) is 21.1. The second-order valence-corrected chi connectivity index (χ2v) is 11.5. The van der Waals surface area contributed by atoms with Gasteiger partial charge >= 0.3 is 18.3 Å². The summed E-state index contributed by atoms with van der Waals surface area (Å²) in [5.41, 5.74) is 4.45. The van der Waals surface area contributed by atoms with Crippen LogP contribution in [0, 0.1) is 0 Å². The Morgan fingerprint density at radius 2 is 1.36 bits per heavy atom. The van der Waals surface area contributed by atoms with E-state index in [-0.39, 0.29) is 25.6 Å². The van der Waals surface area contributed by atoms with E-state index in [0.717, 1.165) is 27.8 Å². The lowest BCUT2D eigenvalue weighted by molar-refractivity contribution is -0.122. The maximum atomic E-state index is 13.1. The molecule has 10 nitrogen and oxygen atoms in total. The number of alkyl carbamates (subject to hydrolysis) is 3. The fourth-order valence-electron chi connectivity index (χ4n) is 4.98. The molecule has 0 saturated heterocycles. The average Bonchev–Trinajstić information content (AvgIpc) is 3.31. The molecule has 0 saturated carbocycles. The Bertz CT molecular complexity index is 1410. The number of imide groups is 1. The van der Waals surface area contributed by atoms with E-state index in [1.165, 1.54) is 0 Å². The molecule has 4 amide bonds. The Hall–Kier alpha value is -4.86. The summed E-state index contributed by atoms with van der Waals surface area (Å²) in [7, 11) is 0. The number of ether oxygens (including phenoxy) is 3. The van der Waals surface area contributed by atoms with Crippen molar-refractivity contribution in [1.29, 1.82) is 0 Å². The highest BCUT2D eigenvalue weighted by Crippen LogP contribution is 2.44. The summed E-state index contributed by atoms with van der Waals surface area (Å²) in [5.74, 6) is -0.887. The van der Waals surface area contributed by atoms with Crippen LogP contribution in [-0.2, 0) is 25.6 Å². The van der Waals surface area contributed by atoms with Gasteiger partial charge in [0, 0.05) is 12.5 Å². The monoisotopic (exact) mass is 601 g/mol. The minimum atomic E-state index is -1.07. The Kier molecular flexibility index (Phi) is 11.0. The van der Waals surface area contributed by atoms with E-state index >= 15 is 0 Å². The zero-order chi connectivity index (χ0) is 31.5. The van der Waals surface area contributed by atoms with Crippen LogP contribution in [0.3, 0.4) is 0 Å². The number of hydrogen-bond acceptors (Lipinski definition) is 7. The summed E-state index contributed by atoms with van der Waals surface area (Å²) in [6.45, 7) is 5.70. The normalized spacial score (nSPS) is 12.7. The largest absolute Gasteiger partial charge is 0.448 e. The van der Waals surface area contributed by atoms with Gasteiger partial charge in [-0.05, 0) is 67.9 Å². The van der Waals surface area contributed by atoms with Gasteiger partial charge in [-0.15, -0.1) is 0 Å². The molecule has 3 aromatic rings. The van der Waals surface area contributed by atoms with Gasteiger partial charge in [-0.25, -0.2) is 14.4 Å². The van der Waals surface area contributed by atoms with Crippen molar-refractivity contribution in [2.24, 2.45) is 0 Å². The van der Waals surface area contributed by atoms with Crippen molar-refractivity contribution >= 4 is 24.2 Å². The van der Waals surface area contributed by atoms with Gasteiger partial charge in [-0.2, -0.15) is 0 Å². The van der Waals surface area contributed by atoms with Crippen molar-refractivity contribution in [3.05, 3.63) is 95.6 Å². The quantitative estimate of drug-likeness (QED) is 0.180. The molecule has 0 spiro atoms. The third-order valence-electron chi connectivity index (χ3n) is 6.98.